The molecule has 2 N–H and O–H groups in total. The SMILES string of the molecule is CC[C@@H](N)c1ccc(Oc2cccc(C)c2)cc1. The molecule has 0 aliphatic rings. The summed E-state index contributed by atoms with van der Waals surface area (Å²) in [6, 6.07) is 16.1. The lowest BCUT2D eigenvalue weighted by molar-refractivity contribution is 0.482. The molecule has 0 bridgehead atoms. The zero-order valence-corrected chi connectivity index (χ0v) is 10.9. The Kier molecular flexibility index (Phi) is 4.00. The molecule has 0 radical (unpaired) electrons. The van der Waals surface area contributed by atoms with Gasteiger partial charge in [-0.15, -0.1) is 0 Å². The van der Waals surface area contributed by atoms with Crippen molar-refractivity contribution in [1.29, 1.82) is 0 Å². The number of nitrogens with two attached hydrogens (primary N) is 1. The van der Waals surface area contributed by atoms with Gasteiger partial charge in [-0.2, -0.15) is 0 Å². The Hall–Kier alpha value is -1.80. The van der Waals surface area contributed by atoms with Crippen molar-refractivity contribution in [2.24, 2.45) is 5.73 Å². The van der Waals surface area contributed by atoms with E-state index < -0.39 is 0 Å². The second-order valence-corrected chi connectivity index (χ2v) is 4.50. The van der Waals surface area contributed by atoms with Crippen LogP contribution in [-0.2, 0) is 0 Å². The number of aryl methyl sites for hydroxylation is 1. The van der Waals surface area contributed by atoms with Crippen LogP contribution in [0.3, 0.4) is 0 Å². The number of ether oxygens (including phenoxy) is 1. The number of hydrogen-bond donors (Lipinski definition) is 1. The van der Waals surface area contributed by atoms with Crippen LogP contribution >= 0.6 is 0 Å². The normalized spacial score (nSPS) is 12.2. The van der Waals surface area contributed by atoms with Gasteiger partial charge in [-0.1, -0.05) is 31.2 Å². The summed E-state index contributed by atoms with van der Waals surface area (Å²) >= 11 is 0. The van der Waals surface area contributed by atoms with E-state index in [9.17, 15) is 0 Å². The molecular weight excluding hydrogens is 222 g/mol. The lowest BCUT2D eigenvalue weighted by Crippen LogP contribution is -2.07. The average Bonchev–Trinajstić information content (AvgIpc) is 2.39. The Labute approximate surface area is 108 Å². The Morgan fingerprint density at radius 3 is 2.39 bits per heavy atom. The van der Waals surface area contributed by atoms with E-state index in [1.54, 1.807) is 0 Å². The van der Waals surface area contributed by atoms with Crippen LogP contribution in [0.4, 0.5) is 0 Å². The predicted octanol–water partition coefficient (Wildman–Crippen LogP) is 4.20. The van der Waals surface area contributed by atoms with Crippen LogP contribution in [0.25, 0.3) is 0 Å². The molecule has 1 atom stereocenters. The molecule has 2 heteroatoms. The summed E-state index contributed by atoms with van der Waals surface area (Å²) < 4.78 is 5.79. The fraction of sp³-hybridized carbons (Fsp3) is 0.250. The molecule has 0 aromatic heterocycles. The molecule has 2 nitrogen and oxygen atoms in total. The van der Waals surface area contributed by atoms with Gasteiger partial charge in [-0.3, -0.25) is 0 Å². The van der Waals surface area contributed by atoms with Crippen LogP contribution in [0.15, 0.2) is 48.5 Å². The maximum atomic E-state index is 5.98. The van der Waals surface area contributed by atoms with Gasteiger partial charge in [0.05, 0.1) is 0 Å². The van der Waals surface area contributed by atoms with Crippen molar-refractivity contribution >= 4 is 0 Å². The van der Waals surface area contributed by atoms with Gasteiger partial charge in [0, 0.05) is 6.04 Å². The van der Waals surface area contributed by atoms with E-state index in [0.717, 1.165) is 23.5 Å². The summed E-state index contributed by atoms with van der Waals surface area (Å²) in [5.74, 6) is 1.70. The largest absolute Gasteiger partial charge is 0.457 e. The molecule has 2 aromatic rings. The quantitative estimate of drug-likeness (QED) is 0.870. The zero-order valence-electron chi connectivity index (χ0n) is 10.9. The van der Waals surface area contributed by atoms with Gasteiger partial charge in [-0.25, -0.2) is 0 Å². The van der Waals surface area contributed by atoms with Gasteiger partial charge < -0.3 is 10.5 Å². The van der Waals surface area contributed by atoms with Crippen molar-refractivity contribution in [2.45, 2.75) is 26.3 Å². The third-order valence-electron chi connectivity index (χ3n) is 2.97. The third-order valence-corrected chi connectivity index (χ3v) is 2.97. The minimum absolute atomic E-state index is 0.109. The van der Waals surface area contributed by atoms with Crippen LogP contribution in [-0.4, -0.2) is 0 Å². The highest BCUT2D eigenvalue weighted by molar-refractivity contribution is 5.35. The fourth-order valence-electron chi connectivity index (χ4n) is 1.83. The van der Waals surface area contributed by atoms with E-state index in [0.29, 0.717) is 0 Å². The lowest BCUT2D eigenvalue weighted by atomic mass is 10.1. The minimum atomic E-state index is 0.109. The molecule has 0 aliphatic heterocycles. The zero-order chi connectivity index (χ0) is 13.0. The van der Waals surface area contributed by atoms with E-state index in [2.05, 4.69) is 19.9 Å². The monoisotopic (exact) mass is 241 g/mol. The highest BCUT2D eigenvalue weighted by Gasteiger charge is 2.03. The molecule has 94 valence electrons. The van der Waals surface area contributed by atoms with Crippen LogP contribution < -0.4 is 10.5 Å². The number of benzene rings is 2. The van der Waals surface area contributed by atoms with Crippen molar-refractivity contribution in [1.82, 2.24) is 0 Å². The van der Waals surface area contributed by atoms with Crippen molar-refractivity contribution in [3.63, 3.8) is 0 Å². The predicted molar refractivity (Wildman–Crippen MR) is 74.9 cm³/mol. The first-order valence-electron chi connectivity index (χ1n) is 6.29. The Bertz CT molecular complexity index is 505. The first-order valence-corrected chi connectivity index (χ1v) is 6.29. The van der Waals surface area contributed by atoms with E-state index in [1.165, 1.54) is 5.56 Å². The lowest BCUT2D eigenvalue weighted by Gasteiger charge is -2.11. The molecule has 0 heterocycles. The number of rotatable bonds is 4. The van der Waals surface area contributed by atoms with Crippen molar-refractivity contribution in [3.8, 4) is 11.5 Å². The standard InChI is InChI=1S/C16H19NO/c1-3-16(17)13-7-9-14(10-8-13)18-15-6-4-5-12(2)11-15/h4-11,16H,3,17H2,1-2H3/t16-/m1/s1. The maximum Gasteiger partial charge on any atom is 0.127 e. The minimum Gasteiger partial charge on any atom is -0.457 e. The Morgan fingerprint density at radius 1 is 1.06 bits per heavy atom. The van der Waals surface area contributed by atoms with Gasteiger partial charge in [0.1, 0.15) is 11.5 Å². The van der Waals surface area contributed by atoms with E-state index in [1.807, 2.05) is 42.5 Å². The van der Waals surface area contributed by atoms with E-state index >= 15 is 0 Å². The molecule has 0 amide bonds. The van der Waals surface area contributed by atoms with E-state index in [-0.39, 0.29) is 6.04 Å². The highest BCUT2D eigenvalue weighted by atomic mass is 16.5. The summed E-state index contributed by atoms with van der Waals surface area (Å²) in [4.78, 5) is 0. The van der Waals surface area contributed by atoms with E-state index in [4.69, 9.17) is 10.5 Å². The highest BCUT2D eigenvalue weighted by Crippen LogP contribution is 2.24. The van der Waals surface area contributed by atoms with Crippen LogP contribution in [0.2, 0.25) is 0 Å². The molecule has 18 heavy (non-hydrogen) atoms. The van der Waals surface area contributed by atoms with Gasteiger partial charge in [0.25, 0.3) is 0 Å². The smallest absolute Gasteiger partial charge is 0.127 e. The van der Waals surface area contributed by atoms with Crippen LogP contribution in [0.5, 0.6) is 11.5 Å². The first kappa shape index (κ1) is 12.7. The Balaban J connectivity index is 2.11. The fourth-order valence-corrected chi connectivity index (χ4v) is 1.83. The molecular formula is C16H19NO. The second-order valence-electron chi connectivity index (χ2n) is 4.50. The molecule has 2 aromatic carbocycles. The third kappa shape index (κ3) is 3.11. The summed E-state index contributed by atoms with van der Waals surface area (Å²) in [7, 11) is 0. The van der Waals surface area contributed by atoms with Gasteiger partial charge in [0.2, 0.25) is 0 Å². The molecule has 0 aliphatic carbocycles. The summed E-state index contributed by atoms with van der Waals surface area (Å²) in [5, 5.41) is 0. The maximum absolute atomic E-state index is 5.98. The van der Waals surface area contributed by atoms with Crippen molar-refractivity contribution in [3.05, 3.63) is 59.7 Å². The van der Waals surface area contributed by atoms with Crippen molar-refractivity contribution < 1.29 is 4.74 Å². The Morgan fingerprint density at radius 2 is 1.78 bits per heavy atom. The van der Waals surface area contributed by atoms with Gasteiger partial charge in [0.15, 0.2) is 0 Å². The summed E-state index contributed by atoms with van der Waals surface area (Å²) in [6.07, 6.45) is 0.943. The second kappa shape index (κ2) is 5.69. The summed E-state index contributed by atoms with van der Waals surface area (Å²) in [6.45, 7) is 4.14. The first-order chi connectivity index (χ1) is 8.69. The van der Waals surface area contributed by atoms with Gasteiger partial charge >= 0.3 is 0 Å². The molecule has 0 spiro atoms. The molecule has 0 saturated carbocycles. The van der Waals surface area contributed by atoms with Gasteiger partial charge in [-0.05, 0) is 48.7 Å². The van der Waals surface area contributed by atoms with Crippen molar-refractivity contribution in [2.75, 3.05) is 0 Å². The molecule has 0 saturated heterocycles. The topological polar surface area (TPSA) is 35.2 Å². The van der Waals surface area contributed by atoms with Crippen LogP contribution in [0.1, 0.15) is 30.5 Å². The summed E-state index contributed by atoms with van der Waals surface area (Å²) in [5.41, 5.74) is 8.32. The average molecular weight is 241 g/mol. The van der Waals surface area contributed by atoms with Crippen LogP contribution in [0, 0.1) is 6.92 Å². The molecule has 0 fully saturated rings. The molecule has 0 unspecified atom stereocenters. The molecule has 2 rings (SSSR count). The number of hydrogen-bond acceptors (Lipinski definition) is 2.